The molecule has 0 aliphatic carbocycles. The smallest absolute Gasteiger partial charge is 0.463 e. The van der Waals surface area contributed by atoms with Gasteiger partial charge in [-0.3, -0.25) is 32.5 Å². The monoisotopic (exact) mass is 1470 g/mol. The van der Waals surface area contributed by atoms with Crippen LogP contribution in [0.4, 0.5) is 0 Å². The molecule has 0 aromatic heterocycles. The third-order valence-corrected chi connectivity index (χ3v) is 18.6. The summed E-state index contributed by atoms with van der Waals surface area (Å²) in [5.74, 6) is -1.54. The van der Waals surface area contributed by atoms with Gasteiger partial charge in [-0.15, -0.1) is 0 Å². The van der Waals surface area contributed by atoms with E-state index in [0.717, 1.165) is 199 Å². The molecule has 0 radical (unpaired) electrons. The van der Waals surface area contributed by atoms with Crippen molar-refractivity contribution in [3.05, 3.63) is 109 Å². The van der Waals surface area contributed by atoms with Crippen LogP contribution in [0.1, 0.15) is 329 Å². The van der Waals surface area contributed by atoms with E-state index in [2.05, 4.69) is 124 Å². The summed E-state index contributed by atoms with van der Waals surface area (Å²) in [6.07, 6.45) is 82.8. The second-order valence-electron chi connectivity index (χ2n) is 26.6. The summed E-state index contributed by atoms with van der Waals surface area (Å²) in [5, 5.41) is 10.6. The molecule has 3 N–H and O–H groups in total. The number of phosphoric acid groups is 2. The lowest BCUT2D eigenvalue weighted by Crippen LogP contribution is -2.30. The normalized spacial score (nSPS) is 14.5. The molecule has 17 nitrogen and oxygen atoms in total. The van der Waals surface area contributed by atoms with Crippen LogP contribution in [0.3, 0.4) is 0 Å². The summed E-state index contributed by atoms with van der Waals surface area (Å²) in [6, 6.07) is 0. The van der Waals surface area contributed by atoms with E-state index in [1.54, 1.807) is 0 Å². The number of hydrogen-bond donors (Lipinski definition) is 3. The Morgan fingerprint density at radius 3 is 0.971 bits per heavy atom. The molecule has 0 heterocycles. The number of esters is 3. The Balaban J connectivity index is 5.35. The summed E-state index contributed by atoms with van der Waals surface area (Å²) < 4.78 is 69.3. The summed E-state index contributed by atoms with van der Waals surface area (Å²) in [4.78, 5) is 70.4. The average molecular weight is 1480 g/mol. The molecule has 19 heteroatoms. The van der Waals surface area contributed by atoms with E-state index >= 15 is 0 Å². The van der Waals surface area contributed by atoms with Crippen molar-refractivity contribution >= 4 is 39.8 Å². The van der Waals surface area contributed by atoms with Crippen LogP contribution in [0.2, 0.25) is 0 Å². The molecule has 0 rings (SSSR count). The van der Waals surface area contributed by atoms with E-state index in [-0.39, 0.29) is 32.5 Å². The Bertz CT molecular complexity index is 2330. The Morgan fingerprint density at radius 2 is 0.588 bits per heavy atom. The van der Waals surface area contributed by atoms with Crippen molar-refractivity contribution in [1.82, 2.24) is 0 Å². The van der Waals surface area contributed by atoms with Crippen molar-refractivity contribution < 1.29 is 80.2 Å². The molecule has 0 saturated heterocycles. The lowest BCUT2D eigenvalue weighted by Gasteiger charge is -2.21. The molecule has 0 bridgehead atoms. The van der Waals surface area contributed by atoms with Crippen molar-refractivity contribution in [1.29, 1.82) is 0 Å². The van der Waals surface area contributed by atoms with Crippen LogP contribution < -0.4 is 0 Å². The predicted molar refractivity (Wildman–Crippen MR) is 418 cm³/mol. The van der Waals surface area contributed by atoms with Gasteiger partial charge in [0.1, 0.15) is 31.7 Å². The first-order valence-corrected chi connectivity index (χ1v) is 43.1. The van der Waals surface area contributed by atoms with E-state index in [9.17, 15) is 43.2 Å². The number of hydrogen-bond acceptors (Lipinski definition) is 15. The zero-order valence-corrected chi connectivity index (χ0v) is 65.8. The van der Waals surface area contributed by atoms with Gasteiger partial charge in [0.2, 0.25) is 0 Å². The number of rotatable bonds is 77. The van der Waals surface area contributed by atoms with Gasteiger partial charge in [0.15, 0.2) is 6.10 Å². The Hall–Kier alpha value is -4.12. The van der Waals surface area contributed by atoms with Crippen molar-refractivity contribution in [3.63, 3.8) is 0 Å². The van der Waals surface area contributed by atoms with Crippen molar-refractivity contribution in [2.75, 3.05) is 46.2 Å². The van der Waals surface area contributed by atoms with E-state index in [1.807, 2.05) is 6.08 Å². The highest BCUT2D eigenvalue weighted by Crippen LogP contribution is 2.45. The van der Waals surface area contributed by atoms with Gasteiger partial charge in [-0.1, -0.05) is 252 Å². The van der Waals surface area contributed by atoms with Crippen LogP contribution in [-0.2, 0) is 65.4 Å². The number of ether oxygens (including phenoxy) is 4. The average Bonchev–Trinajstić information content (AvgIpc) is 0.925. The minimum Gasteiger partial charge on any atom is -0.463 e. The molecule has 2 unspecified atom stereocenters. The van der Waals surface area contributed by atoms with Crippen LogP contribution in [-0.4, -0.2) is 104 Å². The van der Waals surface area contributed by atoms with Gasteiger partial charge in [0.25, 0.3) is 0 Å². The number of phosphoric ester groups is 2. The molecule has 0 amide bonds. The number of carbonyl (C=O) groups is 4. The molecule has 0 spiro atoms. The first kappa shape index (κ1) is 97.9. The van der Waals surface area contributed by atoms with Gasteiger partial charge in [-0.05, 0) is 161 Å². The third-order valence-electron chi connectivity index (χ3n) is 16.7. The summed E-state index contributed by atoms with van der Waals surface area (Å²) >= 11 is 0. The van der Waals surface area contributed by atoms with Crippen LogP contribution >= 0.6 is 15.6 Å². The third kappa shape index (κ3) is 75.6. The molecule has 5 atom stereocenters. The highest BCUT2D eigenvalue weighted by atomic mass is 31.2. The fraction of sp³-hybridized carbons (Fsp3) is 0.735. The Morgan fingerprint density at radius 1 is 0.314 bits per heavy atom. The lowest BCUT2D eigenvalue weighted by atomic mass is 10.1. The molecule has 0 aromatic rings. The van der Waals surface area contributed by atoms with Crippen molar-refractivity contribution in [3.8, 4) is 0 Å². The minimum atomic E-state index is -4.96. The maximum absolute atomic E-state index is 13.1. The zero-order chi connectivity index (χ0) is 74.4. The molecular formula is C83H144O17P2. The second-order valence-corrected chi connectivity index (χ2v) is 29.5. The maximum atomic E-state index is 13.1. The van der Waals surface area contributed by atoms with E-state index in [4.69, 9.17) is 37.0 Å². The zero-order valence-electron chi connectivity index (χ0n) is 64.0. The Kier molecular flexibility index (Phi) is 73.4. The topological polar surface area (TPSA) is 237 Å². The molecule has 0 fully saturated rings. The number of unbranched alkanes of at least 4 members (excludes halogenated alkanes) is 32. The Labute approximate surface area is 619 Å². The van der Waals surface area contributed by atoms with Crippen molar-refractivity contribution in [2.45, 2.75) is 347 Å². The molecule has 588 valence electrons. The van der Waals surface area contributed by atoms with Crippen molar-refractivity contribution in [2.24, 2.45) is 0 Å². The van der Waals surface area contributed by atoms with Gasteiger partial charge in [-0.2, -0.15) is 0 Å². The number of carbonyl (C=O) groups excluding carboxylic acids is 4. The first-order chi connectivity index (χ1) is 49.8. The number of aliphatic hydroxyl groups is 1. The molecule has 0 aromatic carbocycles. The van der Waals surface area contributed by atoms with Crippen LogP contribution in [0, 0.1) is 0 Å². The van der Waals surface area contributed by atoms with Gasteiger partial charge < -0.3 is 38.6 Å². The number of allylic oxidation sites excluding steroid dienone is 18. The van der Waals surface area contributed by atoms with Crippen LogP contribution in [0.15, 0.2) is 109 Å². The second kappa shape index (κ2) is 76.5. The summed E-state index contributed by atoms with van der Waals surface area (Å²) in [6.45, 7) is 3.36. The fourth-order valence-electron chi connectivity index (χ4n) is 10.5. The summed E-state index contributed by atoms with van der Waals surface area (Å²) in [5.41, 5.74) is 0. The van der Waals surface area contributed by atoms with Crippen LogP contribution in [0.25, 0.3) is 0 Å². The summed E-state index contributed by atoms with van der Waals surface area (Å²) in [7, 11) is -9.83. The SMILES string of the molecule is CCCCC/C=C\C/C=C\C/C=C\C/C=C\CCCC(=O)OC[C@H](COP(=O)(O)OC[C@@H](O)COP(=O)(O)OC[C@@H](COC(=O)CCCCCCC/C=C\C/C=C\CCCCC)OC(=O)CCCCCCC/C=C\C/C=C\CCCCC)OCCCCCCCCC/C=C\CCCCCCC=O. The molecule has 102 heavy (non-hydrogen) atoms. The maximum Gasteiger partial charge on any atom is 0.472 e. The standard InChI is InChI=1S/C83H144O17P2/c1-4-7-10-13-16-19-22-25-28-29-34-38-43-47-52-57-62-67-81(86)94-74-79(93-71-66-61-56-51-46-41-36-31-30-35-40-45-50-55-60-65-70-84)76-98-101(89,90)96-72-78(85)73-97-102(91,92)99-77-80(100-83(88)69-64-59-54-49-44-39-33-27-24-21-18-15-12-9-6-3)75-95-82(87)68-63-58-53-48-42-37-32-26-23-20-17-14-11-8-5-2/h16-21,25-28,30,32-35,38,47,52,70,78-80,85H,4-15,22-24,29,31,36-37,39-46,48-51,53-69,71-77H2,1-3H3,(H,89,90)(H,91,92)/b19-16-,20-17-,21-18-,28-25-,32-26-,33-27-,35-30-,38-34-,52-47-/t78-,79-,80-/m1/s1. The number of aliphatic hydroxyl groups excluding tert-OH is 1. The number of aldehydes is 1. The van der Waals surface area contributed by atoms with Gasteiger partial charge in [0.05, 0.1) is 26.4 Å². The first-order valence-electron chi connectivity index (χ1n) is 40.1. The molecule has 0 aliphatic heterocycles. The minimum absolute atomic E-state index is 0.0855. The molecular weight excluding hydrogens is 1330 g/mol. The van der Waals surface area contributed by atoms with E-state index in [1.165, 1.54) is 57.8 Å². The largest absolute Gasteiger partial charge is 0.472 e. The fourth-order valence-corrected chi connectivity index (χ4v) is 12.1. The highest BCUT2D eigenvalue weighted by molar-refractivity contribution is 7.47. The van der Waals surface area contributed by atoms with Gasteiger partial charge in [0, 0.05) is 32.3 Å². The molecule has 0 aliphatic rings. The quantitative estimate of drug-likeness (QED) is 0.0128. The highest BCUT2D eigenvalue weighted by Gasteiger charge is 2.30. The van der Waals surface area contributed by atoms with E-state index < -0.39 is 84.9 Å². The molecule has 0 saturated carbocycles. The predicted octanol–water partition coefficient (Wildman–Crippen LogP) is 23.0. The van der Waals surface area contributed by atoms with Crippen LogP contribution in [0.5, 0.6) is 0 Å². The van der Waals surface area contributed by atoms with Gasteiger partial charge >= 0.3 is 33.6 Å². The van der Waals surface area contributed by atoms with E-state index in [0.29, 0.717) is 38.5 Å². The van der Waals surface area contributed by atoms with Gasteiger partial charge in [-0.25, -0.2) is 9.13 Å². The lowest BCUT2D eigenvalue weighted by molar-refractivity contribution is -0.161.